The van der Waals surface area contributed by atoms with E-state index >= 15 is 0 Å². The zero-order chi connectivity index (χ0) is 16.1. The summed E-state index contributed by atoms with van der Waals surface area (Å²) in [4.78, 5) is 12.5. The van der Waals surface area contributed by atoms with E-state index in [9.17, 15) is 4.79 Å². The van der Waals surface area contributed by atoms with Gasteiger partial charge >= 0.3 is 0 Å². The van der Waals surface area contributed by atoms with Crippen LogP contribution in [0, 0.1) is 6.92 Å². The van der Waals surface area contributed by atoms with Gasteiger partial charge in [0.05, 0.1) is 26.9 Å². The lowest BCUT2D eigenvalue weighted by Crippen LogP contribution is -2.14. The Kier molecular flexibility index (Phi) is 4.88. The standard InChI is InChI=1S/C17H19NO4/c1-11-6-5-7-12(10-11)18-17(19)13-8-9-14(20-2)16(22-4)15(13)21-3/h5-10H,1-4H3,(H,18,19). The monoisotopic (exact) mass is 301 g/mol. The van der Waals surface area contributed by atoms with Gasteiger partial charge in [-0.25, -0.2) is 0 Å². The molecule has 2 aromatic carbocycles. The van der Waals surface area contributed by atoms with Crippen LogP contribution in [0.25, 0.3) is 0 Å². The first-order valence-electron chi connectivity index (χ1n) is 6.77. The number of nitrogens with one attached hydrogen (secondary N) is 1. The van der Waals surface area contributed by atoms with E-state index in [0.29, 0.717) is 22.8 Å². The summed E-state index contributed by atoms with van der Waals surface area (Å²) in [6, 6.07) is 10.9. The molecular weight excluding hydrogens is 282 g/mol. The number of carbonyl (C=O) groups is 1. The molecule has 0 aromatic heterocycles. The minimum absolute atomic E-state index is 0.275. The fourth-order valence-electron chi connectivity index (χ4n) is 2.20. The van der Waals surface area contributed by atoms with Gasteiger partial charge in [-0.15, -0.1) is 0 Å². The molecule has 0 radical (unpaired) electrons. The number of amides is 1. The predicted molar refractivity (Wildman–Crippen MR) is 85.2 cm³/mol. The SMILES string of the molecule is COc1ccc(C(=O)Nc2cccc(C)c2)c(OC)c1OC. The molecule has 5 heteroatoms. The van der Waals surface area contributed by atoms with Gasteiger partial charge in [0.15, 0.2) is 11.5 Å². The van der Waals surface area contributed by atoms with Gasteiger partial charge in [-0.2, -0.15) is 0 Å². The number of methoxy groups -OCH3 is 3. The molecule has 0 unspecified atom stereocenters. The number of hydrogen-bond donors (Lipinski definition) is 1. The minimum Gasteiger partial charge on any atom is -0.493 e. The predicted octanol–water partition coefficient (Wildman–Crippen LogP) is 3.27. The van der Waals surface area contributed by atoms with E-state index in [0.717, 1.165) is 11.3 Å². The molecule has 0 atom stereocenters. The highest BCUT2D eigenvalue weighted by atomic mass is 16.5. The quantitative estimate of drug-likeness (QED) is 0.921. The van der Waals surface area contributed by atoms with Crippen LogP contribution in [0.5, 0.6) is 17.2 Å². The van der Waals surface area contributed by atoms with Crippen molar-refractivity contribution in [2.45, 2.75) is 6.92 Å². The molecule has 0 saturated heterocycles. The van der Waals surface area contributed by atoms with Crippen LogP contribution < -0.4 is 19.5 Å². The Morgan fingerprint density at radius 1 is 0.955 bits per heavy atom. The average Bonchev–Trinajstić information content (AvgIpc) is 2.53. The van der Waals surface area contributed by atoms with Crippen molar-refractivity contribution in [2.75, 3.05) is 26.6 Å². The van der Waals surface area contributed by atoms with Crippen LogP contribution in [0.1, 0.15) is 15.9 Å². The van der Waals surface area contributed by atoms with Gasteiger partial charge in [-0.3, -0.25) is 4.79 Å². The Hall–Kier alpha value is -2.69. The minimum atomic E-state index is -0.275. The summed E-state index contributed by atoms with van der Waals surface area (Å²) in [7, 11) is 4.52. The molecule has 1 amide bonds. The topological polar surface area (TPSA) is 56.8 Å². The zero-order valence-electron chi connectivity index (χ0n) is 13.1. The molecule has 0 aliphatic rings. The van der Waals surface area contributed by atoms with Gasteiger partial charge in [-0.1, -0.05) is 12.1 Å². The fourth-order valence-corrected chi connectivity index (χ4v) is 2.20. The third-order valence-electron chi connectivity index (χ3n) is 3.22. The number of hydrogen-bond acceptors (Lipinski definition) is 4. The van der Waals surface area contributed by atoms with Crippen LogP contribution in [-0.2, 0) is 0 Å². The largest absolute Gasteiger partial charge is 0.493 e. The van der Waals surface area contributed by atoms with Crippen LogP contribution in [0.3, 0.4) is 0 Å². The molecule has 5 nitrogen and oxygen atoms in total. The summed E-state index contributed by atoms with van der Waals surface area (Å²) in [5.74, 6) is 0.962. The maximum Gasteiger partial charge on any atom is 0.259 e. The van der Waals surface area contributed by atoms with E-state index in [1.807, 2.05) is 31.2 Å². The molecule has 0 heterocycles. The van der Waals surface area contributed by atoms with Crippen molar-refractivity contribution in [1.82, 2.24) is 0 Å². The van der Waals surface area contributed by atoms with E-state index in [-0.39, 0.29) is 5.91 Å². The van der Waals surface area contributed by atoms with E-state index in [2.05, 4.69) is 5.32 Å². The normalized spacial score (nSPS) is 10.0. The van der Waals surface area contributed by atoms with E-state index in [1.165, 1.54) is 21.3 Å². The Morgan fingerprint density at radius 3 is 2.27 bits per heavy atom. The first-order chi connectivity index (χ1) is 10.6. The van der Waals surface area contributed by atoms with Crippen molar-refractivity contribution < 1.29 is 19.0 Å². The lowest BCUT2D eigenvalue weighted by atomic mass is 10.1. The van der Waals surface area contributed by atoms with Crippen molar-refractivity contribution >= 4 is 11.6 Å². The third kappa shape index (κ3) is 3.14. The number of anilines is 1. The summed E-state index contributed by atoms with van der Waals surface area (Å²) in [6.45, 7) is 1.96. The molecular formula is C17H19NO4. The van der Waals surface area contributed by atoms with Crippen molar-refractivity contribution in [3.05, 3.63) is 47.5 Å². The van der Waals surface area contributed by atoms with Crippen LogP contribution in [0.2, 0.25) is 0 Å². The molecule has 2 rings (SSSR count). The Bertz CT molecular complexity index is 682. The summed E-state index contributed by atoms with van der Waals surface area (Å²) in [5.41, 5.74) is 2.17. The highest BCUT2D eigenvalue weighted by Gasteiger charge is 2.20. The third-order valence-corrected chi connectivity index (χ3v) is 3.22. The second-order valence-corrected chi connectivity index (χ2v) is 4.71. The molecule has 116 valence electrons. The van der Waals surface area contributed by atoms with Crippen LogP contribution >= 0.6 is 0 Å². The van der Waals surface area contributed by atoms with Crippen LogP contribution in [0.4, 0.5) is 5.69 Å². The molecule has 0 aliphatic heterocycles. The number of benzene rings is 2. The van der Waals surface area contributed by atoms with Gasteiger partial charge in [0.1, 0.15) is 0 Å². The average molecular weight is 301 g/mol. The highest BCUT2D eigenvalue weighted by molar-refractivity contribution is 6.07. The molecule has 22 heavy (non-hydrogen) atoms. The molecule has 0 fully saturated rings. The fraction of sp³-hybridized carbons (Fsp3) is 0.235. The first-order valence-corrected chi connectivity index (χ1v) is 6.77. The van der Waals surface area contributed by atoms with Gasteiger partial charge in [0.2, 0.25) is 5.75 Å². The molecule has 1 N–H and O–H groups in total. The van der Waals surface area contributed by atoms with Crippen LogP contribution in [-0.4, -0.2) is 27.2 Å². The smallest absolute Gasteiger partial charge is 0.259 e. The molecule has 0 bridgehead atoms. The highest BCUT2D eigenvalue weighted by Crippen LogP contribution is 2.39. The second kappa shape index (κ2) is 6.85. The molecule has 0 aliphatic carbocycles. The van der Waals surface area contributed by atoms with E-state index in [4.69, 9.17) is 14.2 Å². The second-order valence-electron chi connectivity index (χ2n) is 4.71. The van der Waals surface area contributed by atoms with Crippen LogP contribution in [0.15, 0.2) is 36.4 Å². The van der Waals surface area contributed by atoms with Crippen molar-refractivity contribution in [3.63, 3.8) is 0 Å². The molecule has 2 aromatic rings. The first kappa shape index (κ1) is 15.7. The number of rotatable bonds is 5. The number of carbonyl (C=O) groups excluding carboxylic acids is 1. The van der Waals surface area contributed by atoms with E-state index in [1.54, 1.807) is 12.1 Å². The lowest BCUT2D eigenvalue weighted by molar-refractivity contribution is 0.102. The Labute approximate surface area is 129 Å². The summed E-state index contributed by atoms with van der Waals surface area (Å²) in [6.07, 6.45) is 0. The van der Waals surface area contributed by atoms with E-state index < -0.39 is 0 Å². The van der Waals surface area contributed by atoms with Gasteiger partial charge in [0, 0.05) is 5.69 Å². The lowest BCUT2D eigenvalue weighted by Gasteiger charge is -2.15. The molecule has 0 spiro atoms. The summed E-state index contributed by atoms with van der Waals surface area (Å²) >= 11 is 0. The Morgan fingerprint density at radius 2 is 1.68 bits per heavy atom. The number of aryl methyl sites for hydroxylation is 1. The van der Waals surface area contributed by atoms with Crippen molar-refractivity contribution in [1.29, 1.82) is 0 Å². The van der Waals surface area contributed by atoms with Gasteiger partial charge in [-0.05, 0) is 36.8 Å². The molecule has 0 saturated carbocycles. The number of ether oxygens (including phenoxy) is 3. The summed E-state index contributed by atoms with van der Waals surface area (Å²) in [5, 5.41) is 2.85. The van der Waals surface area contributed by atoms with Gasteiger partial charge in [0.25, 0.3) is 5.91 Å². The van der Waals surface area contributed by atoms with Gasteiger partial charge < -0.3 is 19.5 Å². The van der Waals surface area contributed by atoms with Crippen molar-refractivity contribution in [3.8, 4) is 17.2 Å². The zero-order valence-corrected chi connectivity index (χ0v) is 13.1. The summed E-state index contributed by atoms with van der Waals surface area (Å²) < 4.78 is 15.8. The Balaban J connectivity index is 2.37. The van der Waals surface area contributed by atoms with Crippen molar-refractivity contribution in [2.24, 2.45) is 0 Å². The maximum absolute atomic E-state index is 12.5. The maximum atomic E-state index is 12.5.